The fourth-order valence-electron chi connectivity index (χ4n) is 5.31. The average Bonchev–Trinajstić information content (AvgIpc) is 3.46. The van der Waals surface area contributed by atoms with Crippen molar-refractivity contribution in [2.24, 2.45) is 0 Å². The van der Waals surface area contributed by atoms with E-state index in [1.165, 1.54) is 39.9 Å². The van der Waals surface area contributed by atoms with E-state index in [4.69, 9.17) is 0 Å². The number of rotatable bonds is 3. The Kier molecular flexibility index (Phi) is 5.90. The lowest BCUT2D eigenvalue weighted by molar-refractivity contribution is 0.194. The number of urea groups is 1. The molecule has 178 valence electrons. The molecule has 2 aliphatic rings. The van der Waals surface area contributed by atoms with E-state index in [9.17, 15) is 9.18 Å². The summed E-state index contributed by atoms with van der Waals surface area (Å²) in [5, 5.41) is 4.32. The molecule has 2 aromatic carbocycles. The van der Waals surface area contributed by atoms with Crippen LogP contribution in [0.3, 0.4) is 0 Å². The number of carbonyl (C=O) groups is 1. The van der Waals surface area contributed by atoms with Crippen molar-refractivity contribution in [3.63, 3.8) is 0 Å². The van der Waals surface area contributed by atoms with Gasteiger partial charge < -0.3 is 14.8 Å². The molecule has 0 unspecified atom stereocenters. The highest BCUT2D eigenvalue weighted by atomic mass is 32.2. The second kappa shape index (κ2) is 9.21. The number of thiophene rings is 1. The molecule has 1 N–H and O–H groups in total. The molecule has 0 radical (unpaired) electrons. The second-order valence-corrected chi connectivity index (χ2v) is 11.0. The van der Waals surface area contributed by atoms with Crippen molar-refractivity contribution in [1.82, 2.24) is 9.47 Å². The second-order valence-electron chi connectivity index (χ2n) is 9.05. The zero-order valence-corrected chi connectivity index (χ0v) is 21.1. The van der Waals surface area contributed by atoms with Crippen molar-refractivity contribution in [2.75, 3.05) is 11.6 Å². The van der Waals surface area contributed by atoms with Gasteiger partial charge in [-0.15, -0.1) is 23.1 Å². The number of benzene rings is 2. The van der Waals surface area contributed by atoms with Crippen LogP contribution in [0.1, 0.15) is 46.1 Å². The van der Waals surface area contributed by atoms with Gasteiger partial charge >= 0.3 is 6.03 Å². The van der Waals surface area contributed by atoms with E-state index < -0.39 is 6.04 Å². The van der Waals surface area contributed by atoms with Gasteiger partial charge in [-0.1, -0.05) is 18.2 Å². The number of amides is 2. The number of hydrogen-bond donors (Lipinski definition) is 1. The maximum atomic E-state index is 14.4. The van der Waals surface area contributed by atoms with Crippen LogP contribution in [0.15, 0.2) is 71.8 Å². The van der Waals surface area contributed by atoms with Gasteiger partial charge in [-0.2, -0.15) is 0 Å². The van der Waals surface area contributed by atoms with Gasteiger partial charge in [0.2, 0.25) is 0 Å². The average molecular weight is 504 g/mol. The molecule has 35 heavy (non-hydrogen) atoms. The van der Waals surface area contributed by atoms with Crippen molar-refractivity contribution in [3.8, 4) is 5.00 Å². The molecule has 1 aliphatic heterocycles. The number of nitrogens with zero attached hydrogens (tertiary/aromatic N) is 2. The van der Waals surface area contributed by atoms with E-state index in [1.807, 2.05) is 58.9 Å². The first kappa shape index (κ1) is 22.4. The maximum Gasteiger partial charge on any atom is 0.322 e. The lowest BCUT2D eigenvalue weighted by atomic mass is 9.95. The molecular formula is C28H26FN3OS2. The standard InChI is InChI=1S/C28H26FN3OS2/c1-34-21-10-5-9-20(16-21)30-28(33)32-17-23-22-11-2-3-13-25(22)35-27(23)31-14-6-12-24(31)26(32)18-7-4-8-19(29)15-18/h4-10,12,14-16,26H,2-3,11,13,17H2,1H3,(H,30,33)/t26-/m0/s1. The van der Waals surface area contributed by atoms with Crippen LogP contribution in [0.4, 0.5) is 14.9 Å². The predicted molar refractivity (Wildman–Crippen MR) is 141 cm³/mol. The van der Waals surface area contributed by atoms with Gasteiger partial charge in [-0.05, 0) is 85.5 Å². The summed E-state index contributed by atoms with van der Waals surface area (Å²) in [6, 6.07) is 18.0. The molecule has 2 amide bonds. The maximum absolute atomic E-state index is 14.4. The highest BCUT2D eigenvalue weighted by molar-refractivity contribution is 7.98. The van der Waals surface area contributed by atoms with Crippen molar-refractivity contribution in [1.29, 1.82) is 0 Å². The third kappa shape index (κ3) is 4.06. The molecule has 0 fully saturated rings. The molecule has 7 heteroatoms. The van der Waals surface area contributed by atoms with E-state index >= 15 is 0 Å². The summed E-state index contributed by atoms with van der Waals surface area (Å²) >= 11 is 3.49. The summed E-state index contributed by atoms with van der Waals surface area (Å²) in [5.74, 6) is -0.301. The lowest BCUT2D eigenvalue weighted by Crippen LogP contribution is -2.38. The van der Waals surface area contributed by atoms with E-state index in [0.29, 0.717) is 6.54 Å². The minimum absolute atomic E-state index is 0.186. The Morgan fingerprint density at radius 1 is 1.06 bits per heavy atom. The first-order chi connectivity index (χ1) is 17.1. The van der Waals surface area contributed by atoms with E-state index in [2.05, 4.69) is 22.1 Å². The number of thioether (sulfide) groups is 1. The van der Waals surface area contributed by atoms with Crippen LogP contribution in [0, 0.1) is 5.82 Å². The van der Waals surface area contributed by atoms with Crippen LogP contribution in [0.2, 0.25) is 0 Å². The normalized spacial score (nSPS) is 16.7. The van der Waals surface area contributed by atoms with Gasteiger partial charge in [-0.25, -0.2) is 9.18 Å². The molecular weight excluding hydrogens is 477 g/mol. The first-order valence-electron chi connectivity index (χ1n) is 11.9. The van der Waals surface area contributed by atoms with E-state index in [-0.39, 0.29) is 11.8 Å². The molecule has 0 bridgehead atoms. The number of anilines is 1. The highest BCUT2D eigenvalue weighted by Crippen LogP contribution is 2.44. The Hall–Kier alpha value is -3.03. The summed E-state index contributed by atoms with van der Waals surface area (Å²) in [7, 11) is 0. The number of hydrogen-bond acceptors (Lipinski definition) is 3. The van der Waals surface area contributed by atoms with Crippen LogP contribution in [-0.4, -0.2) is 21.8 Å². The summed E-state index contributed by atoms with van der Waals surface area (Å²) in [6.07, 6.45) is 8.64. The van der Waals surface area contributed by atoms with Crippen molar-refractivity contribution in [3.05, 3.63) is 99.9 Å². The minimum Gasteiger partial charge on any atom is -0.310 e. The van der Waals surface area contributed by atoms with E-state index in [1.54, 1.807) is 23.9 Å². The number of aryl methyl sites for hydroxylation is 1. The molecule has 6 rings (SSSR count). The minimum atomic E-state index is -0.414. The topological polar surface area (TPSA) is 37.3 Å². The summed E-state index contributed by atoms with van der Waals surface area (Å²) < 4.78 is 16.6. The van der Waals surface area contributed by atoms with Crippen LogP contribution in [0.5, 0.6) is 0 Å². The SMILES string of the molecule is CSc1cccc(NC(=O)N2Cc3c(sc4c3CCCC4)-n3cccc3[C@@H]2c2cccc(F)c2)c1. The number of halogens is 1. The van der Waals surface area contributed by atoms with Crippen LogP contribution < -0.4 is 5.32 Å². The molecule has 0 saturated carbocycles. The molecule has 0 spiro atoms. The van der Waals surface area contributed by atoms with Gasteiger partial charge in [0.05, 0.1) is 18.3 Å². The molecule has 2 aromatic heterocycles. The highest BCUT2D eigenvalue weighted by Gasteiger charge is 2.36. The molecule has 4 nitrogen and oxygen atoms in total. The Morgan fingerprint density at radius 3 is 2.77 bits per heavy atom. The number of nitrogens with one attached hydrogen (secondary N) is 1. The third-order valence-corrected chi connectivity index (χ3v) is 8.98. The van der Waals surface area contributed by atoms with Crippen LogP contribution >= 0.6 is 23.1 Å². The molecule has 3 heterocycles. The molecule has 1 aliphatic carbocycles. The summed E-state index contributed by atoms with van der Waals surface area (Å²) in [4.78, 5) is 18.3. The van der Waals surface area contributed by atoms with E-state index in [0.717, 1.165) is 34.7 Å². The van der Waals surface area contributed by atoms with Gasteiger partial charge in [0, 0.05) is 27.2 Å². The quantitative estimate of drug-likeness (QED) is 0.296. The number of carbonyl (C=O) groups excluding carboxylic acids is 1. The molecule has 1 atom stereocenters. The zero-order chi connectivity index (χ0) is 23.9. The first-order valence-corrected chi connectivity index (χ1v) is 13.9. The van der Waals surface area contributed by atoms with Crippen molar-refractivity contribution in [2.45, 2.75) is 43.2 Å². The Balaban J connectivity index is 1.49. The Morgan fingerprint density at radius 2 is 1.91 bits per heavy atom. The van der Waals surface area contributed by atoms with Crippen molar-refractivity contribution >= 4 is 34.8 Å². The van der Waals surface area contributed by atoms with Gasteiger partial charge in [-0.3, -0.25) is 0 Å². The Labute approximate surface area is 212 Å². The number of fused-ring (bicyclic) bond motifs is 5. The smallest absolute Gasteiger partial charge is 0.310 e. The predicted octanol–water partition coefficient (Wildman–Crippen LogP) is 7.42. The van der Waals surface area contributed by atoms with Crippen molar-refractivity contribution < 1.29 is 9.18 Å². The lowest BCUT2D eigenvalue weighted by Gasteiger charge is -2.31. The van der Waals surface area contributed by atoms with Crippen LogP contribution in [0.25, 0.3) is 5.00 Å². The third-order valence-electron chi connectivity index (χ3n) is 6.93. The fourth-order valence-corrected chi connectivity index (χ4v) is 7.17. The number of aromatic nitrogens is 1. The van der Waals surface area contributed by atoms with Gasteiger partial charge in [0.15, 0.2) is 0 Å². The van der Waals surface area contributed by atoms with Gasteiger partial charge in [0.25, 0.3) is 0 Å². The Bertz CT molecular complexity index is 1410. The monoisotopic (exact) mass is 503 g/mol. The summed E-state index contributed by atoms with van der Waals surface area (Å²) in [6.45, 7) is 0.484. The molecule has 4 aromatic rings. The van der Waals surface area contributed by atoms with Crippen LogP contribution in [-0.2, 0) is 19.4 Å². The molecule has 0 saturated heterocycles. The zero-order valence-electron chi connectivity index (χ0n) is 19.5. The summed E-state index contributed by atoms with van der Waals surface area (Å²) in [5.41, 5.74) is 5.13. The van der Waals surface area contributed by atoms with Gasteiger partial charge in [0.1, 0.15) is 10.8 Å². The largest absolute Gasteiger partial charge is 0.322 e. The fraction of sp³-hybridized carbons (Fsp3) is 0.250.